The van der Waals surface area contributed by atoms with Gasteiger partial charge in [0.1, 0.15) is 5.75 Å². The Bertz CT molecular complexity index is 754. The molecule has 0 unspecified atom stereocenters. The van der Waals surface area contributed by atoms with Crippen molar-refractivity contribution in [3.05, 3.63) is 59.7 Å². The standard InChI is InChI=1S/C19H20N2O4/c22-18(23)15-9-7-13(8-10-15)11-20-19(24)21-16-3-1-2-4-17(16)25-12-14-5-6-14/h1-4,7-10,14H,5-6,11-12H2,(H,22,23)(H2,20,21,24). The Morgan fingerprint density at radius 3 is 2.48 bits per heavy atom. The van der Waals surface area contributed by atoms with Gasteiger partial charge in [-0.05, 0) is 48.6 Å². The minimum atomic E-state index is -0.972. The van der Waals surface area contributed by atoms with Gasteiger partial charge >= 0.3 is 12.0 Å². The second-order valence-corrected chi connectivity index (χ2v) is 6.06. The summed E-state index contributed by atoms with van der Waals surface area (Å²) in [5.41, 5.74) is 1.66. The topological polar surface area (TPSA) is 87.7 Å². The van der Waals surface area contributed by atoms with E-state index in [1.54, 1.807) is 18.2 Å². The summed E-state index contributed by atoms with van der Waals surface area (Å²) in [4.78, 5) is 22.9. The van der Waals surface area contributed by atoms with Crippen molar-refractivity contribution < 1.29 is 19.4 Å². The minimum absolute atomic E-state index is 0.218. The first-order chi connectivity index (χ1) is 12.1. The number of benzene rings is 2. The van der Waals surface area contributed by atoms with Crippen molar-refractivity contribution >= 4 is 17.7 Å². The largest absolute Gasteiger partial charge is 0.491 e. The Morgan fingerprint density at radius 2 is 1.80 bits per heavy atom. The van der Waals surface area contributed by atoms with Crippen LogP contribution in [0, 0.1) is 5.92 Å². The highest BCUT2D eigenvalue weighted by Gasteiger charge is 2.22. The number of carboxylic acids is 1. The molecule has 2 amide bonds. The third kappa shape index (κ3) is 4.97. The molecular formula is C19H20N2O4. The summed E-state index contributed by atoms with van der Waals surface area (Å²) in [5.74, 6) is 0.325. The van der Waals surface area contributed by atoms with Crippen LogP contribution in [0.3, 0.4) is 0 Å². The first-order valence-corrected chi connectivity index (χ1v) is 8.21. The number of hydrogen-bond acceptors (Lipinski definition) is 3. The first-order valence-electron chi connectivity index (χ1n) is 8.21. The van der Waals surface area contributed by atoms with Gasteiger partial charge in [-0.1, -0.05) is 24.3 Å². The quantitative estimate of drug-likeness (QED) is 0.720. The van der Waals surface area contributed by atoms with E-state index in [1.165, 1.54) is 25.0 Å². The van der Waals surface area contributed by atoms with E-state index in [-0.39, 0.29) is 11.6 Å². The predicted octanol–water partition coefficient (Wildman–Crippen LogP) is 3.50. The lowest BCUT2D eigenvalue weighted by Crippen LogP contribution is -2.28. The number of hydrogen-bond donors (Lipinski definition) is 3. The molecule has 0 spiro atoms. The van der Waals surface area contributed by atoms with Gasteiger partial charge in [-0.3, -0.25) is 0 Å². The summed E-state index contributed by atoms with van der Waals surface area (Å²) in [6, 6.07) is 13.4. The molecule has 0 radical (unpaired) electrons. The number of carboxylic acid groups (broad SMARTS) is 1. The van der Waals surface area contributed by atoms with Gasteiger partial charge in [0.05, 0.1) is 17.9 Å². The Kier molecular flexibility index (Phi) is 5.18. The summed E-state index contributed by atoms with van der Waals surface area (Å²) >= 11 is 0. The molecule has 130 valence electrons. The molecule has 1 aliphatic rings. The van der Waals surface area contributed by atoms with Crippen molar-refractivity contribution in [1.29, 1.82) is 0 Å². The Balaban J connectivity index is 1.52. The van der Waals surface area contributed by atoms with Crippen LogP contribution in [-0.2, 0) is 6.54 Å². The molecule has 0 bridgehead atoms. The zero-order valence-corrected chi connectivity index (χ0v) is 13.7. The average Bonchev–Trinajstić information content (AvgIpc) is 3.44. The van der Waals surface area contributed by atoms with Crippen LogP contribution in [0.5, 0.6) is 5.75 Å². The molecule has 3 rings (SSSR count). The summed E-state index contributed by atoms with van der Waals surface area (Å²) < 4.78 is 5.76. The van der Waals surface area contributed by atoms with Crippen molar-refractivity contribution in [2.24, 2.45) is 5.92 Å². The smallest absolute Gasteiger partial charge is 0.335 e. The van der Waals surface area contributed by atoms with Crippen molar-refractivity contribution in [2.75, 3.05) is 11.9 Å². The zero-order valence-electron chi connectivity index (χ0n) is 13.7. The molecule has 3 N–H and O–H groups in total. The van der Waals surface area contributed by atoms with E-state index in [0.717, 1.165) is 5.56 Å². The van der Waals surface area contributed by atoms with Gasteiger partial charge in [-0.25, -0.2) is 9.59 Å². The van der Waals surface area contributed by atoms with Crippen LogP contribution >= 0.6 is 0 Å². The van der Waals surface area contributed by atoms with E-state index >= 15 is 0 Å². The van der Waals surface area contributed by atoms with Crippen LogP contribution in [0.15, 0.2) is 48.5 Å². The summed E-state index contributed by atoms with van der Waals surface area (Å²) in [6.07, 6.45) is 2.41. The van der Waals surface area contributed by atoms with Gasteiger partial charge in [0, 0.05) is 6.54 Å². The fourth-order valence-electron chi connectivity index (χ4n) is 2.30. The normalized spacial score (nSPS) is 13.1. The fourth-order valence-corrected chi connectivity index (χ4v) is 2.30. The lowest BCUT2D eigenvalue weighted by molar-refractivity contribution is 0.0697. The van der Waals surface area contributed by atoms with Crippen molar-refractivity contribution in [3.8, 4) is 5.75 Å². The number of carbonyl (C=O) groups excluding carboxylic acids is 1. The number of carbonyl (C=O) groups is 2. The maximum absolute atomic E-state index is 12.1. The summed E-state index contributed by atoms with van der Waals surface area (Å²) in [7, 11) is 0. The zero-order chi connectivity index (χ0) is 17.6. The van der Waals surface area contributed by atoms with Gasteiger partial charge in [0.25, 0.3) is 0 Å². The lowest BCUT2D eigenvalue weighted by atomic mass is 10.1. The molecule has 0 aromatic heterocycles. The van der Waals surface area contributed by atoms with Crippen LogP contribution in [-0.4, -0.2) is 23.7 Å². The first kappa shape index (κ1) is 16.8. The molecule has 25 heavy (non-hydrogen) atoms. The number of rotatable bonds is 7. The number of urea groups is 1. The maximum Gasteiger partial charge on any atom is 0.335 e. The van der Waals surface area contributed by atoms with E-state index in [1.807, 2.05) is 18.2 Å². The second-order valence-electron chi connectivity index (χ2n) is 6.06. The number of para-hydroxylation sites is 2. The van der Waals surface area contributed by atoms with Crippen LogP contribution in [0.2, 0.25) is 0 Å². The van der Waals surface area contributed by atoms with Gasteiger partial charge in [-0.15, -0.1) is 0 Å². The molecule has 0 atom stereocenters. The SMILES string of the molecule is O=C(NCc1ccc(C(=O)O)cc1)Nc1ccccc1OCC1CC1. The highest BCUT2D eigenvalue weighted by Crippen LogP contribution is 2.31. The van der Waals surface area contributed by atoms with E-state index in [4.69, 9.17) is 9.84 Å². The second kappa shape index (κ2) is 7.70. The average molecular weight is 340 g/mol. The third-order valence-electron chi connectivity index (χ3n) is 3.96. The van der Waals surface area contributed by atoms with Crippen LogP contribution < -0.4 is 15.4 Å². The summed E-state index contributed by atoms with van der Waals surface area (Å²) in [6.45, 7) is 0.979. The number of nitrogens with one attached hydrogen (secondary N) is 2. The molecular weight excluding hydrogens is 320 g/mol. The molecule has 2 aromatic carbocycles. The van der Waals surface area contributed by atoms with Crippen LogP contribution in [0.25, 0.3) is 0 Å². The van der Waals surface area contributed by atoms with Crippen molar-refractivity contribution in [3.63, 3.8) is 0 Å². The van der Waals surface area contributed by atoms with Crippen molar-refractivity contribution in [1.82, 2.24) is 5.32 Å². The minimum Gasteiger partial charge on any atom is -0.491 e. The maximum atomic E-state index is 12.1. The molecule has 6 nitrogen and oxygen atoms in total. The molecule has 6 heteroatoms. The Labute approximate surface area is 145 Å². The number of ether oxygens (including phenoxy) is 1. The predicted molar refractivity (Wildman–Crippen MR) is 93.9 cm³/mol. The monoisotopic (exact) mass is 340 g/mol. The van der Waals surface area contributed by atoms with Crippen LogP contribution in [0.1, 0.15) is 28.8 Å². The molecule has 0 aliphatic heterocycles. The van der Waals surface area contributed by atoms with E-state index in [2.05, 4.69) is 10.6 Å². The molecule has 1 fully saturated rings. The number of anilines is 1. The number of aromatic carboxylic acids is 1. The third-order valence-corrected chi connectivity index (χ3v) is 3.96. The Morgan fingerprint density at radius 1 is 1.08 bits per heavy atom. The van der Waals surface area contributed by atoms with Gasteiger partial charge in [0.15, 0.2) is 0 Å². The van der Waals surface area contributed by atoms with Crippen molar-refractivity contribution in [2.45, 2.75) is 19.4 Å². The number of amides is 2. The highest BCUT2D eigenvalue weighted by molar-refractivity contribution is 5.91. The van der Waals surface area contributed by atoms with Gasteiger partial charge in [0.2, 0.25) is 0 Å². The highest BCUT2D eigenvalue weighted by atomic mass is 16.5. The fraction of sp³-hybridized carbons (Fsp3) is 0.263. The molecule has 1 saturated carbocycles. The molecule has 0 heterocycles. The van der Waals surface area contributed by atoms with Gasteiger partial charge in [-0.2, -0.15) is 0 Å². The van der Waals surface area contributed by atoms with Gasteiger partial charge < -0.3 is 20.5 Å². The molecule has 2 aromatic rings. The molecule has 1 aliphatic carbocycles. The Hall–Kier alpha value is -3.02. The van der Waals surface area contributed by atoms with Crippen LogP contribution in [0.4, 0.5) is 10.5 Å². The molecule has 0 saturated heterocycles. The summed E-state index contributed by atoms with van der Waals surface area (Å²) in [5, 5.41) is 14.4. The lowest BCUT2D eigenvalue weighted by Gasteiger charge is -2.13. The van der Waals surface area contributed by atoms with E-state index < -0.39 is 5.97 Å². The van der Waals surface area contributed by atoms with E-state index in [0.29, 0.717) is 30.5 Å². The van der Waals surface area contributed by atoms with E-state index in [9.17, 15) is 9.59 Å².